The van der Waals surface area contributed by atoms with Gasteiger partial charge in [-0.15, -0.1) is 12.4 Å². The first kappa shape index (κ1) is 19.6. The summed E-state index contributed by atoms with van der Waals surface area (Å²) in [7, 11) is 5.19. The van der Waals surface area contributed by atoms with Gasteiger partial charge in [-0.1, -0.05) is 0 Å². The van der Waals surface area contributed by atoms with Crippen LogP contribution in [0.2, 0.25) is 0 Å². The van der Waals surface area contributed by atoms with Crippen LogP contribution in [0.3, 0.4) is 0 Å². The van der Waals surface area contributed by atoms with Crippen LogP contribution in [0, 0.1) is 0 Å². The van der Waals surface area contributed by atoms with E-state index in [9.17, 15) is 4.79 Å². The van der Waals surface area contributed by atoms with Gasteiger partial charge < -0.3 is 19.7 Å². The van der Waals surface area contributed by atoms with Crippen molar-refractivity contribution in [3.05, 3.63) is 23.8 Å². The molecule has 0 saturated carbocycles. The number of methoxy groups -OCH3 is 2. The summed E-state index contributed by atoms with van der Waals surface area (Å²) >= 11 is 0. The van der Waals surface area contributed by atoms with E-state index in [1.54, 1.807) is 14.2 Å². The van der Waals surface area contributed by atoms with Gasteiger partial charge in [0.05, 0.1) is 14.2 Å². The zero-order valence-corrected chi connectivity index (χ0v) is 14.9. The molecular weight excluding hydrogens is 316 g/mol. The van der Waals surface area contributed by atoms with Crippen LogP contribution in [0.4, 0.5) is 0 Å². The van der Waals surface area contributed by atoms with Crippen molar-refractivity contribution in [1.29, 1.82) is 0 Å². The van der Waals surface area contributed by atoms with Gasteiger partial charge in [-0.05, 0) is 50.0 Å². The zero-order valence-electron chi connectivity index (χ0n) is 14.1. The number of benzene rings is 1. The highest BCUT2D eigenvalue weighted by Crippen LogP contribution is 2.23. The lowest BCUT2D eigenvalue weighted by Gasteiger charge is -2.31. The van der Waals surface area contributed by atoms with Gasteiger partial charge in [-0.25, -0.2) is 0 Å². The Morgan fingerprint density at radius 1 is 1.17 bits per heavy atom. The molecule has 0 bridgehead atoms. The standard InChI is InChI=1S/C17H26N2O3.ClH/c1-19(14-6-8-18-9-7-14)17(20)5-4-13-10-15(21-2)12-16(11-13)22-3;/h10-12,14,18H,4-9H2,1-3H3;1H. The third kappa shape index (κ3) is 5.59. The van der Waals surface area contributed by atoms with Gasteiger partial charge in [-0.3, -0.25) is 4.79 Å². The summed E-state index contributed by atoms with van der Waals surface area (Å²) in [6, 6.07) is 6.13. The van der Waals surface area contributed by atoms with Crippen LogP contribution in [0.15, 0.2) is 18.2 Å². The van der Waals surface area contributed by atoms with Crippen molar-refractivity contribution >= 4 is 18.3 Å². The molecule has 0 radical (unpaired) electrons. The third-order valence-corrected chi connectivity index (χ3v) is 4.29. The SMILES string of the molecule is COc1cc(CCC(=O)N(C)C2CCNCC2)cc(OC)c1.Cl. The zero-order chi connectivity index (χ0) is 15.9. The maximum Gasteiger partial charge on any atom is 0.222 e. The summed E-state index contributed by atoms with van der Waals surface area (Å²) in [5, 5.41) is 3.33. The Morgan fingerprint density at radius 3 is 2.26 bits per heavy atom. The fraction of sp³-hybridized carbons (Fsp3) is 0.588. The maximum atomic E-state index is 12.4. The Bertz CT molecular complexity index is 482. The molecule has 23 heavy (non-hydrogen) atoms. The molecule has 1 heterocycles. The number of hydrogen-bond acceptors (Lipinski definition) is 4. The molecule has 0 aromatic heterocycles. The predicted octanol–water partition coefficient (Wildman–Crippen LogP) is 2.27. The van der Waals surface area contributed by atoms with Crippen molar-refractivity contribution in [2.75, 3.05) is 34.4 Å². The highest BCUT2D eigenvalue weighted by atomic mass is 35.5. The normalized spacial score (nSPS) is 14.7. The van der Waals surface area contributed by atoms with Crippen molar-refractivity contribution in [1.82, 2.24) is 10.2 Å². The van der Waals surface area contributed by atoms with E-state index in [1.807, 2.05) is 30.1 Å². The van der Waals surface area contributed by atoms with Crippen LogP contribution in [0.1, 0.15) is 24.8 Å². The second kappa shape index (κ2) is 9.63. The number of rotatable bonds is 6. The molecule has 1 aromatic carbocycles. The summed E-state index contributed by atoms with van der Waals surface area (Å²) in [5.74, 6) is 1.72. The van der Waals surface area contributed by atoms with Crippen molar-refractivity contribution in [2.24, 2.45) is 0 Å². The number of halogens is 1. The molecule has 1 aromatic rings. The minimum absolute atomic E-state index is 0. The molecule has 1 saturated heterocycles. The molecule has 0 spiro atoms. The molecule has 0 unspecified atom stereocenters. The molecule has 1 aliphatic heterocycles. The number of ether oxygens (including phenoxy) is 2. The number of nitrogens with one attached hydrogen (secondary N) is 1. The van der Waals surface area contributed by atoms with Crippen LogP contribution >= 0.6 is 12.4 Å². The lowest BCUT2D eigenvalue weighted by molar-refractivity contribution is -0.132. The Labute approximate surface area is 144 Å². The highest BCUT2D eigenvalue weighted by molar-refractivity contribution is 5.85. The van der Waals surface area contributed by atoms with Crippen molar-refractivity contribution in [2.45, 2.75) is 31.7 Å². The Hall–Kier alpha value is -1.46. The third-order valence-electron chi connectivity index (χ3n) is 4.29. The molecule has 0 aliphatic carbocycles. The summed E-state index contributed by atoms with van der Waals surface area (Å²) < 4.78 is 10.5. The van der Waals surface area contributed by atoms with E-state index in [4.69, 9.17) is 9.47 Å². The molecular formula is C17H27ClN2O3. The van der Waals surface area contributed by atoms with E-state index in [-0.39, 0.29) is 18.3 Å². The molecule has 1 fully saturated rings. The fourth-order valence-electron chi connectivity index (χ4n) is 2.84. The number of nitrogens with zero attached hydrogens (tertiary/aromatic N) is 1. The number of amides is 1. The Balaban J connectivity index is 0.00000264. The summed E-state index contributed by atoms with van der Waals surface area (Å²) in [6.07, 6.45) is 3.28. The minimum Gasteiger partial charge on any atom is -0.497 e. The second-order valence-corrected chi connectivity index (χ2v) is 5.71. The van der Waals surface area contributed by atoms with Gasteiger partial charge in [0.1, 0.15) is 11.5 Å². The van der Waals surface area contributed by atoms with Crippen molar-refractivity contribution < 1.29 is 14.3 Å². The van der Waals surface area contributed by atoms with Gasteiger partial charge in [-0.2, -0.15) is 0 Å². The summed E-state index contributed by atoms with van der Waals surface area (Å²) in [4.78, 5) is 14.3. The lowest BCUT2D eigenvalue weighted by atomic mass is 10.0. The topological polar surface area (TPSA) is 50.8 Å². The fourth-order valence-corrected chi connectivity index (χ4v) is 2.84. The number of carbonyl (C=O) groups is 1. The van der Waals surface area contributed by atoms with Crippen LogP contribution in [-0.2, 0) is 11.2 Å². The van der Waals surface area contributed by atoms with Gasteiger partial charge in [0.15, 0.2) is 0 Å². The monoisotopic (exact) mass is 342 g/mol. The minimum atomic E-state index is 0. The first-order valence-corrected chi connectivity index (χ1v) is 7.82. The maximum absolute atomic E-state index is 12.4. The van der Waals surface area contributed by atoms with E-state index < -0.39 is 0 Å². The highest BCUT2D eigenvalue weighted by Gasteiger charge is 2.21. The van der Waals surface area contributed by atoms with E-state index in [1.165, 1.54) is 0 Å². The van der Waals surface area contributed by atoms with Crippen LogP contribution in [-0.4, -0.2) is 51.2 Å². The molecule has 6 heteroatoms. The summed E-state index contributed by atoms with van der Waals surface area (Å²) in [5.41, 5.74) is 1.06. The van der Waals surface area contributed by atoms with Gasteiger partial charge >= 0.3 is 0 Å². The summed E-state index contributed by atoms with van der Waals surface area (Å²) in [6.45, 7) is 1.99. The predicted molar refractivity (Wildman–Crippen MR) is 93.8 cm³/mol. The molecule has 5 nitrogen and oxygen atoms in total. The average Bonchev–Trinajstić information content (AvgIpc) is 2.59. The quantitative estimate of drug-likeness (QED) is 0.861. The number of hydrogen-bond donors (Lipinski definition) is 1. The molecule has 2 rings (SSSR count). The first-order chi connectivity index (χ1) is 10.6. The molecule has 1 aliphatic rings. The largest absolute Gasteiger partial charge is 0.497 e. The second-order valence-electron chi connectivity index (χ2n) is 5.71. The lowest BCUT2D eigenvalue weighted by Crippen LogP contribution is -2.44. The van der Waals surface area contributed by atoms with E-state index in [0.29, 0.717) is 18.9 Å². The van der Waals surface area contributed by atoms with Gasteiger partial charge in [0.2, 0.25) is 5.91 Å². The van der Waals surface area contributed by atoms with E-state index in [2.05, 4.69) is 5.32 Å². The van der Waals surface area contributed by atoms with Crippen LogP contribution < -0.4 is 14.8 Å². The average molecular weight is 343 g/mol. The number of aryl methyl sites for hydroxylation is 1. The van der Waals surface area contributed by atoms with E-state index in [0.717, 1.165) is 43.0 Å². The Kier molecular flexibility index (Phi) is 8.20. The first-order valence-electron chi connectivity index (χ1n) is 7.82. The number of carbonyl (C=O) groups excluding carboxylic acids is 1. The van der Waals surface area contributed by atoms with Crippen molar-refractivity contribution in [3.63, 3.8) is 0 Å². The molecule has 1 amide bonds. The molecule has 130 valence electrons. The van der Waals surface area contributed by atoms with Crippen LogP contribution in [0.5, 0.6) is 11.5 Å². The molecule has 1 N–H and O–H groups in total. The smallest absolute Gasteiger partial charge is 0.222 e. The van der Waals surface area contributed by atoms with Gasteiger partial charge in [0, 0.05) is 25.6 Å². The van der Waals surface area contributed by atoms with E-state index >= 15 is 0 Å². The van der Waals surface area contributed by atoms with Crippen LogP contribution in [0.25, 0.3) is 0 Å². The molecule has 0 atom stereocenters. The number of piperidine rings is 1. The van der Waals surface area contributed by atoms with Crippen molar-refractivity contribution in [3.8, 4) is 11.5 Å². The van der Waals surface area contributed by atoms with Gasteiger partial charge in [0.25, 0.3) is 0 Å². The Morgan fingerprint density at radius 2 is 1.74 bits per heavy atom.